The number of carbonyl (C=O) groups excluding carboxylic acids is 1. The summed E-state index contributed by atoms with van der Waals surface area (Å²) in [6.07, 6.45) is 0. The molecule has 2 aromatic carbocycles. The molecule has 0 aliphatic carbocycles. The Morgan fingerprint density at radius 2 is 1.87 bits per heavy atom. The molecule has 0 aliphatic heterocycles. The van der Waals surface area contributed by atoms with Gasteiger partial charge in [0.1, 0.15) is 17.6 Å². The Morgan fingerprint density at radius 1 is 1.13 bits per heavy atom. The SMILES string of the molecule is N#CCOc1ccc(NC(=O)COc2ccc(Cl)cc2Cl)cc1. The molecule has 5 nitrogen and oxygen atoms in total. The Hall–Kier alpha value is -2.42. The first-order valence-electron chi connectivity index (χ1n) is 6.56. The van der Waals surface area contributed by atoms with Crippen LogP contribution in [0.2, 0.25) is 10.0 Å². The number of anilines is 1. The van der Waals surface area contributed by atoms with Crippen LogP contribution < -0.4 is 14.8 Å². The summed E-state index contributed by atoms with van der Waals surface area (Å²) in [6.45, 7) is -0.213. The second-order valence-corrected chi connectivity index (χ2v) is 5.23. The van der Waals surface area contributed by atoms with E-state index in [0.29, 0.717) is 27.2 Å². The number of rotatable bonds is 6. The third kappa shape index (κ3) is 5.37. The van der Waals surface area contributed by atoms with Crippen molar-refractivity contribution < 1.29 is 14.3 Å². The van der Waals surface area contributed by atoms with Crippen LogP contribution in [0.25, 0.3) is 0 Å². The number of ether oxygens (including phenoxy) is 2. The fourth-order valence-electron chi connectivity index (χ4n) is 1.68. The highest BCUT2D eigenvalue weighted by Crippen LogP contribution is 2.27. The molecular formula is C16H12Cl2N2O3. The molecule has 0 fully saturated rings. The van der Waals surface area contributed by atoms with Crippen molar-refractivity contribution in [2.75, 3.05) is 18.5 Å². The van der Waals surface area contributed by atoms with Crippen molar-refractivity contribution in [3.8, 4) is 17.6 Å². The van der Waals surface area contributed by atoms with Crippen LogP contribution in [-0.2, 0) is 4.79 Å². The monoisotopic (exact) mass is 350 g/mol. The molecule has 0 heterocycles. The van der Waals surface area contributed by atoms with E-state index in [1.165, 1.54) is 6.07 Å². The van der Waals surface area contributed by atoms with Gasteiger partial charge in [0.25, 0.3) is 5.91 Å². The lowest BCUT2D eigenvalue weighted by molar-refractivity contribution is -0.118. The highest BCUT2D eigenvalue weighted by Gasteiger charge is 2.07. The molecule has 0 bridgehead atoms. The van der Waals surface area contributed by atoms with Crippen molar-refractivity contribution in [2.24, 2.45) is 0 Å². The molecular weight excluding hydrogens is 339 g/mol. The van der Waals surface area contributed by atoms with Gasteiger partial charge in [-0.15, -0.1) is 0 Å². The summed E-state index contributed by atoms with van der Waals surface area (Å²) in [7, 11) is 0. The second kappa shape index (κ2) is 8.28. The number of benzene rings is 2. The zero-order chi connectivity index (χ0) is 16.7. The molecule has 2 aromatic rings. The quantitative estimate of drug-likeness (QED) is 0.856. The summed E-state index contributed by atoms with van der Waals surface area (Å²) < 4.78 is 10.5. The van der Waals surface area contributed by atoms with Gasteiger partial charge in [-0.2, -0.15) is 5.26 Å². The van der Waals surface area contributed by atoms with Crippen LogP contribution >= 0.6 is 23.2 Å². The zero-order valence-corrected chi connectivity index (χ0v) is 13.4. The summed E-state index contributed by atoms with van der Waals surface area (Å²) in [5.41, 5.74) is 0.588. The Morgan fingerprint density at radius 3 is 2.52 bits per heavy atom. The summed E-state index contributed by atoms with van der Waals surface area (Å²) in [4.78, 5) is 11.8. The van der Waals surface area contributed by atoms with Gasteiger partial charge in [-0.3, -0.25) is 4.79 Å². The molecule has 118 valence electrons. The lowest BCUT2D eigenvalue weighted by Gasteiger charge is -2.09. The molecule has 0 aliphatic rings. The average molecular weight is 351 g/mol. The van der Waals surface area contributed by atoms with Crippen molar-refractivity contribution in [2.45, 2.75) is 0 Å². The fraction of sp³-hybridized carbons (Fsp3) is 0.125. The second-order valence-electron chi connectivity index (χ2n) is 4.38. The molecule has 0 radical (unpaired) electrons. The predicted octanol–water partition coefficient (Wildman–Crippen LogP) is 3.91. The number of amides is 1. The van der Waals surface area contributed by atoms with Gasteiger partial charge >= 0.3 is 0 Å². The van der Waals surface area contributed by atoms with E-state index >= 15 is 0 Å². The number of halogens is 2. The van der Waals surface area contributed by atoms with Gasteiger partial charge in [0.05, 0.1) is 5.02 Å². The average Bonchev–Trinajstić information content (AvgIpc) is 2.53. The van der Waals surface area contributed by atoms with Crippen LogP contribution in [0, 0.1) is 11.3 Å². The third-order valence-corrected chi connectivity index (χ3v) is 3.22. The number of nitrogens with zero attached hydrogens (tertiary/aromatic N) is 1. The van der Waals surface area contributed by atoms with E-state index in [0.717, 1.165) is 0 Å². The number of nitriles is 1. The van der Waals surface area contributed by atoms with Crippen molar-refractivity contribution >= 4 is 34.8 Å². The van der Waals surface area contributed by atoms with Crippen LogP contribution in [0.5, 0.6) is 11.5 Å². The molecule has 0 spiro atoms. The first kappa shape index (κ1) is 16.9. The first-order valence-corrected chi connectivity index (χ1v) is 7.31. The minimum absolute atomic E-state index is 0.0264. The van der Waals surface area contributed by atoms with Gasteiger partial charge in [0, 0.05) is 10.7 Å². The Kier molecular flexibility index (Phi) is 6.10. The zero-order valence-electron chi connectivity index (χ0n) is 11.9. The Balaban J connectivity index is 1.86. The molecule has 2 rings (SSSR count). The number of carbonyl (C=O) groups is 1. The molecule has 0 atom stereocenters. The Labute approximate surface area is 143 Å². The molecule has 1 N–H and O–H groups in total. The molecule has 1 amide bonds. The van der Waals surface area contributed by atoms with Gasteiger partial charge in [-0.05, 0) is 42.5 Å². The maximum atomic E-state index is 11.8. The summed E-state index contributed by atoms with van der Waals surface area (Å²) in [5.74, 6) is 0.599. The maximum Gasteiger partial charge on any atom is 0.262 e. The normalized spacial score (nSPS) is 9.78. The van der Waals surface area contributed by atoms with E-state index in [2.05, 4.69) is 5.32 Å². The lowest BCUT2D eigenvalue weighted by atomic mass is 10.3. The van der Waals surface area contributed by atoms with E-state index in [1.54, 1.807) is 36.4 Å². The maximum absolute atomic E-state index is 11.8. The molecule has 7 heteroatoms. The van der Waals surface area contributed by atoms with Gasteiger partial charge < -0.3 is 14.8 Å². The largest absolute Gasteiger partial charge is 0.482 e. The molecule has 0 unspecified atom stereocenters. The minimum Gasteiger partial charge on any atom is -0.482 e. The standard InChI is InChI=1S/C16H12Cl2N2O3/c17-11-1-6-15(14(18)9-11)23-10-16(21)20-12-2-4-13(5-3-12)22-8-7-19/h1-6,9H,8,10H2,(H,20,21). The molecule has 0 aromatic heterocycles. The topological polar surface area (TPSA) is 71.3 Å². The lowest BCUT2D eigenvalue weighted by Crippen LogP contribution is -2.20. The molecule has 0 saturated heterocycles. The highest BCUT2D eigenvalue weighted by atomic mass is 35.5. The van der Waals surface area contributed by atoms with Gasteiger partial charge in [0.2, 0.25) is 0 Å². The van der Waals surface area contributed by atoms with Crippen LogP contribution in [0.4, 0.5) is 5.69 Å². The number of hydrogen-bond donors (Lipinski definition) is 1. The van der Waals surface area contributed by atoms with E-state index in [9.17, 15) is 4.79 Å². The van der Waals surface area contributed by atoms with Gasteiger partial charge in [-0.25, -0.2) is 0 Å². The van der Waals surface area contributed by atoms with Crippen LogP contribution in [0.3, 0.4) is 0 Å². The predicted molar refractivity (Wildman–Crippen MR) is 88.1 cm³/mol. The summed E-state index contributed by atoms with van der Waals surface area (Å²) in [5, 5.41) is 11.9. The van der Waals surface area contributed by atoms with Crippen LogP contribution in [0.15, 0.2) is 42.5 Å². The van der Waals surface area contributed by atoms with Crippen molar-refractivity contribution in [1.29, 1.82) is 5.26 Å². The van der Waals surface area contributed by atoms with Crippen LogP contribution in [0.1, 0.15) is 0 Å². The van der Waals surface area contributed by atoms with E-state index in [1.807, 2.05) is 6.07 Å². The number of hydrogen-bond acceptors (Lipinski definition) is 4. The molecule has 0 saturated carbocycles. The number of nitrogens with one attached hydrogen (secondary N) is 1. The smallest absolute Gasteiger partial charge is 0.262 e. The van der Waals surface area contributed by atoms with E-state index in [4.69, 9.17) is 37.9 Å². The van der Waals surface area contributed by atoms with Crippen LogP contribution in [-0.4, -0.2) is 19.1 Å². The first-order chi connectivity index (χ1) is 11.1. The van der Waals surface area contributed by atoms with Crippen molar-refractivity contribution in [1.82, 2.24) is 0 Å². The Bertz CT molecular complexity index is 727. The van der Waals surface area contributed by atoms with E-state index < -0.39 is 0 Å². The fourth-order valence-corrected chi connectivity index (χ4v) is 2.15. The summed E-state index contributed by atoms with van der Waals surface area (Å²) in [6, 6.07) is 13.3. The highest BCUT2D eigenvalue weighted by molar-refractivity contribution is 6.35. The summed E-state index contributed by atoms with van der Waals surface area (Å²) >= 11 is 11.7. The van der Waals surface area contributed by atoms with Gasteiger partial charge in [0.15, 0.2) is 13.2 Å². The van der Waals surface area contributed by atoms with Crippen molar-refractivity contribution in [3.63, 3.8) is 0 Å². The van der Waals surface area contributed by atoms with Crippen molar-refractivity contribution in [3.05, 3.63) is 52.5 Å². The van der Waals surface area contributed by atoms with E-state index in [-0.39, 0.29) is 19.1 Å². The minimum atomic E-state index is -0.332. The molecule has 23 heavy (non-hydrogen) atoms. The third-order valence-electron chi connectivity index (χ3n) is 2.69. The van der Waals surface area contributed by atoms with Gasteiger partial charge in [-0.1, -0.05) is 23.2 Å².